The van der Waals surface area contributed by atoms with E-state index in [1.54, 1.807) is 12.3 Å². The minimum atomic E-state index is -0.266. The van der Waals surface area contributed by atoms with Crippen LogP contribution >= 0.6 is 46.6 Å². The number of benzene rings is 1. The zero-order valence-corrected chi connectivity index (χ0v) is 17.5. The molecule has 1 N–H and O–H groups in total. The Hall–Kier alpha value is -2.06. The van der Waals surface area contributed by atoms with Crippen LogP contribution in [-0.4, -0.2) is 31.4 Å². The molecule has 0 aliphatic rings. The van der Waals surface area contributed by atoms with Crippen LogP contribution in [0.4, 0.5) is 5.69 Å². The number of carbonyl (C=O) groups excluding carboxylic acids is 1. The van der Waals surface area contributed by atoms with Crippen LogP contribution in [0, 0.1) is 0 Å². The largest absolute Gasteiger partial charge is 0.324 e. The molecule has 2 heterocycles. The first kappa shape index (κ1) is 20.7. The third-order valence-corrected chi connectivity index (χ3v) is 5.54. The van der Waals surface area contributed by atoms with Gasteiger partial charge in [-0.3, -0.25) is 14.3 Å². The molecular formula is C18H14Cl3N5OS. The molecule has 2 aromatic heterocycles. The molecule has 144 valence electrons. The molecule has 0 aliphatic carbocycles. The molecule has 0 saturated heterocycles. The van der Waals surface area contributed by atoms with E-state index in [0.717, 1.165) is 0 Å². The number of hydrogen-bond donors (Lipinski definition) is 1. The topological polar surface area (TPSA) is 72.7 Å². The van der Waals surface area contributed by atoms with Gasteiger partial charge < -0.3 is 5.32 Å². The maximum Gasteiger partial charge on any atom is 0.234 e. The second-order valence-corrected chi connectivity index (χ2v) is 7.67. The van der Waals surface area contributed by atoms with E-state index >= 15 is 0 Å². The van der Waals surface area contributed by atoms with E-state index < -0.39 is 0 Å². The predicted octanol–water partition coefficient (Wildman–Crippen LogP) is 5.22. The van der Waals surface area contributed by atoms with Crippen molar-refractivity contribution in [2.24, 2.45) is 0 Å². The van der Waals surface area contributed by atoms with Gasteiger partial charge in [0.25, 0.3) is 0 Å². The fraction of sp³-hybridized carbons (Fsp3) is 0.111. The number of pyridine rings is 1. The molecule has 0 bridgehead atoms. The van der Waals surface area contributed by atoms with Crippen LogP contribution in [-0.2, 0) is 11.3 Å². The summed E-state index contributed by atoms with van der Waals surface area (Å²) in [5.41, 5.74) is 1.08. The molecule has 10 heteroatoms. The Labute approximate surface area is 180 Å². The SMILES string of the molecule is C=CCn1c(SCC(=O)Nc2cc(Cl)c(Cl)cc2Cl)nnc1-c1ccccn1. The first-order valence-corrected chi connectivity index (χ1v) is 10.1. The van der Waals surface area contributed by atoms with Gasteiger partial charge in [0.1, 0.15) is 5.69 Å². The van der Waals surface area contributed by atoms with Crippen molar-refractivity contribution >= 4 is 58.2 Å². The predicted molar refractivity (Wildman–Crippen MR) is 114 cm³/mol. The number of nitrogens with zero attached hydrogens (tertiary/aromatic N) is 4. The van der Waals surface area contributed by atoms with Gasteiger partial charge in [-0.05, 0) is 24.3 Å². The van der Waals surface area contributed by atoms with E-state index in [9.17, 15) is 4.79 Å². The summed E-state index contributed by atoms with van der Waals surface area (Å²) < 4.78 is 1.85. The molecule has 0 fully saturated rings. The summed E-state index contributed by atoms with van der Waals surface area (Å²) in [6.45, 7) is 4.25. The van der Waals surface area contributed by atoms with Crippen LogP contribution in [0.3, 0.4) is 0 Å². The van der Waals surface area contributed by atoms with Gasteiger partial charge in [-0.15, -0.1) is 16.8 Å². The molecule has 3 rings (SSSR count). The van der Waals surface area contributed by atoms with E-state index in [4.69, 9.17) is 34.8 Å². The summed E-state index contributed by atoms with van der Waals surface area (Å²) in [5.74, 6) is 0.447. The molecule has 1 aromatic carbocycles. The highest BCUT2D eigenvalue weighted by Gasteiger charge is 2.16. The number of allylic oxidation sites excluding steroid dienone is 1. The van der Waals surface area contributed by atoms with Gasteiger partial charge in [-0.25, -0.2) is 0 Å². The Bertz CT molecular complexity index is 1010. The smallest absolute Gasteiger partial charge is 0.234 e. The Balaban J connectivity index is 1.72. The molecule has 28 heavy (non-hydrogen) atoms. The van der Waals surface area contributed by atoms with E-state index in [0.29, 0.717) is 44.0 Å². The first-order valence-electron chi connectivity index (χ1n) is 8.02. The Morgan fingerprint density at radius 2 is 1.96 bits per heavy atom. The number of anilines is 1. The van der Waals surface area contributed by atoms with E-state index in [1.165, 1.54) is 23.9 Å². The van der Waals surface area contributed by atoms with Crippen molar-refractivity contribution in [1.29, 1.82) is 0 Å². The molecule has 0 spiro atoms. The molecule has 0 saturated carbocycles. The van der Waals surface area contributed by atoms with Crippen LogP contribution in [0.2, 0.25) is 15.1 Å². The average Bonchev–Trinajstić information content (AvgIpc) is 3.08. The standard InChI is InChI=1S/C18H14Cl3N5OS/c1-2-7-26-17(14-5-3-4-6-22-14)24-25-18(26)28-10-16(27)23-15-9-12(20)11(19)8-13(15)21/h2-6,8-9H,1,7,10H2,(H,23,27). The highest BCUT2D eigenvalue weighted by atomic mass is 35.5. The third kappa shape index (κ3) is 4.86. The van der Waals surface area contributed by atoms with Crippen molar-refractivity contribution in [1.82, 2.24) is 19.7 Å². The second-order valence-electron chi connectivity index (χ2n) is 5.50. The zero-order chi connectivity index (χ0) is 20.1. The lowest BCUT2D eigenvalue weighted by molar-refractivity contribution is -0.113. The van der Waals surface area contributed by atoms with Gasteiger partial charge in [0, 0.05) is 12.7 Å². The monoisotopic (exact) mass is 453 g/mol. The summed E-state index contributed by atoms with van der Waals surface area (Å²) in [6, 6.07) is 8.53. The quantitative estimate of drug-likeness (QED) is 0.301. The number of carbonyl (C=O) groups is 1. The second kappa shape index (κ2) is 9.43. The number of nitrogens with one attached hydrogen (secondary N) is 1. The van der Waals surface area contributed by atoms with Gasteiger partial charge >= 0.3 is 0 Å². The van der Waals surface area contributed by atoms with Crippen molar-refractivity contribution in [3.8, 4) is 11.5 Å². The average molecular weight is 455 g/mol. The van der Waals surface area contributed by atoms with Crippen molar-refractivity contribution in [2.45, 2.75) is 11.7 Å². The lowest BCUT2D eigenvalue weighted by Crippen LogP contribution is -2.15. The van der Waals surface area contributed by atoms with Crippen LogP contribution < -0.4 is 5.32 Å². The number of thioether (sulfide) groups is 1. The number of amides is 1. The molecule has 0 unspecified atom stereocenters. The lowest BCUT2D eigenvalue weighted by Gasteiger charge is -2.09. The lowest BCUT2D eigenvalue weighted by atomic mass is 10.3. The highest BCUT2D eigenvalue weighted by Crippen LogP contribution is 2.32. The van der Waals surface area contributed by atoms with Crippen LogP contribution in [0.5, 0.6) is 0 Å². The number of halogens is 3. The molecule has 0 atom stereocenters. The molecule has 6 nitrogen and oxygen atoms in total. The van der Waals surface area contributed by atoms with Gasteiger partial charge in [0.15, 0.2) is 11.0 Å². The van der Waals surface area contributed by atoms with Crippen LogP contribution in [0.15, 0.2) is 54.3 Å². The minimum absolute atomic E-state index is 0.105. The normalized spacial score (nSPS) is 10.7. The summed E-state index contributed by atoms with van der Waals surface area (Å²) in [4.78, 5) is 16.6. The maximum atomic E-state index is 12.3. The van der Waals surface area contributed by atoms with Crippen molar-refractivity contribution in [2.75, 3.05) is 11.1 Å². The fourth-order valence-corrected chi connectivity index (χ4v) is 3.65. The van der Waals surface area contributed by atoms with Crippen molar-refractivity contribution in [3.63, 3.8) is 0 Å². The summed E-state index contributed by atoms with van der Waals surface area (Å²) in [5, 5.41) is 12.6. The Morgan fingerprint density at radius 3 is 2.68 bits per heavy atom. The summed E-state index contributed by atoms with van der Waals surface area (Å²) >= 11 is 19.2. The molecular weight excluding hydrogens is 441 g/mol. The van der Waals surface area contributed by atoms with Crippen molar-refractivity contribution < 1.29 is 4.79 Å². The van der Waals surface area contributed by atoms with Gasteiger partial charge in [-0.1, -0.05) is 58.7 Å². The van der Waals surface area contributed by atoms with E-state index in [2.05, 4.69) is 27.1 Å². The third-order valence-electron chi connectivity index (χ3n) is 3.54. The minimum Gasteiger partial charge on any atom is -0.324 e. The van der Waals surface area contributed by atoms with E-state index in [-0.39, 0.29) is 11.7 Å². The number of aromatic nitrogens is 4. The van der Waals surface area contributed by atoms with Gasteiger partial charge in [-0.2, -0.15) is 0 Å². The summed E-state index contributed by atoms with van der Waals surface area (Å²) in [7, 11) is 0. The Morgan fingerprint density at radius 1 is 1.18 bits per heavy atom. The molecule has 0 aliphatic heterocycles. The Kier molecular flexibility index (Phi) is 6.96. The van der Waals surface area contributed by atoms with Crippen LogP contribution in [0.1, 0.15) is 0 Å². The highest BCUT2D eigenvalue weighted by molar-refractivity contribution is 7.99. The molecule has 3 aromatic rings. The number of rotatable bonds is 7. The number of hydrogen-bond acceptors (Lipinski definition) is 5. The van der Waals surface area contributed by atoms with E-state index in [1.807, 2.05) is 22.8 Å². The molecule has 1 amide bonds. The summed E-state index contributed by atoms with van der Waals surface area (Å²) in [6.07, 6.45) is 3.42. The zero-order valence-electron chi connectivity index (χ0n) is 14.4. The first-order chi connectivity index (χ1) is 13.5. The fourth-order valence-electron chi connectivity index (χ4n) is 2.31. The van der Waals surface area contributed by atoms with Crippen LogP contribution in [0.25, 0.3) is 11.5 Å². The van der Waals surface area contributed by atoms with Gasteiger partial charge in [0.05, 0.1) is 26.5 Å². The molecule has 0 radical (unpaired) electrons. The maximum absolute atomic E-state index is 12.3. The van der Waals surface area contributed by atoms with Crippen molar-refractivity contribution in [3.05, 3.63) is 64.3 Å². The van der Waals surface area contributed by atoms with Gasteiger partial charge in [0.2, 0.25) is 5.91 Å².